The standard InChI is InChI=1S/C13H14F4N2O2/c1-6(2)5-18-12(20)7-3-8(14)10(9(15)4-7)19-13(21)11(16)17/h3-4,6,11H,5H2,1-2H3,(H,18,20)(H,19,21). The molecule has 21 heavy (non-hydrogen) atoms. The van der Waals surface area contributed by atoms with Crippen molar-refractivity contribution < 1.29 is 27.2 Å². The van der Waals surface area contributed by atoms with Crippen molar-refractivity contribution in [3.63, 3.8) is 0 Å². The fourth-order valence-electron chi connectivity index (χ4n) is 1.40. The van der Waals surface area contributed by atoms with Gasteiger partial charge in [0.1, 0.15) is 5.69 Å². The summed E-state index contributed by atoms with van der Waals surface area (Å²) in [6, 6.07) is 1.33. The molecule has 4 nitrogen and oxygen atoms in total. The Labute approximate surface area is 118 Å². The minimum Gasteiger partial charge on any atom is -0.352 e. The van der Waals surface area contributed by atoms with Crippen LogP contribution in [0, 0.1) is 17.6 Å². The van der Waals surface area contributed by atoms with E-state index in [1.165, 1.54) is 5.32 Å². The Bertz CT molecular complexity index is 524. The van der Waals surface area contributed by atoms with E-state index in [2.05, 4.69) is 5.32 Å². The maximum atomic E-state index is 13.6. The highest BCUT2D eigenvalue weighted by Crippen LogP contribution is 2.21. The molecule has 0 atom stereocenters. The largest absolute Gasteiger partial charge is 0.352 e. The molecular weight excluding hydrogens is 292 g/mol. The number of nitrogens with one attached hydrogen (secondary N) is 2. The molecule has 1 rings (SSSR count). The molecule has 0 bridgehead atoms. The number of carbonyl (C=O) groups is 2. The summed E-state index contributed by atoms with van der Waals surface area (Å²) in [5, 5.41) is 3.88. The lowest BCUT2D eigenvalue weighted by Gasteiger charge is -2.11. The zero-order chi connectivity index (χ0) is 16.2. The average molecular weight is 306 g/mol. The van der Waals surface area contributed by atoms with Gasteiger partial charge in [-0.3, -0.25) is 9.59 Å². The van der Waals surface area contributed by atoms with Crippen LogP contribution in [-0.2, 0) is 4.79 Å². The molecule has 0 radical (unpaired) electrons. The maximum absolute atomic E-state index is 13.6. The van der Waals surface area contributed by atoms with Crippen molar-refractivity contribution in [2.75, 3.05) is 11.9 Å². The van der Waals surface area contributed by atoms with E-state index in [0.717, 1.165) is 0 Å². The van der Waals surface area contributed by atoms with Crippen molar-refractivity contribution in [2.24, 2.45) is 5.92 Å². The first-order valence-electron chi connectivity index (χ1n) is 6.08. The van der Waals surface area contributed by atoms with E-state index in [9.17, 15) is 27.2 Å². The second-order valence-corrected chi connectivity index (χ2v) is 4.71. The van der Waals surface area contributed by atoms with Crippen molar-refractivity contribution in [1.82, 2.24) is 5.32 Å². The summed E-state index contributed by atoms with van der Waals surface area (Å²) in [4.78, 5) is 22.4. The molecule has 0 aliphatic carbocycles. The number of anilines is 1. The average Bonchev–Trinajstić information content (AvgIpc) is 2.39. The Morgan fingerprint density at radius 3 is 2.10 bits per heavy atom. The zero-order valence-corrected chi connectivity index (χ0v) is 11.3. The first kappa shape index (κ1) is 16.9. The van der Waals surface area contributed by atoms with Crippen LogP contribution < -0.4 is 10.6 Å². The van der Waals surface area contributed by atoms with Crippen LogP contribution in [0.1, 0.15) is 24.2 Å². The second-order valence-electron chi connectivity index (χ2n) is 4.71. The molecule has 0 heterocycles. The van der Waals surface area contributed by atoms with Crippen LogP contribution in [0.3, 0.4) is 0 Å². The van der Waals surface area contributed by atoms with Gasteiger partial charge in [0.2, 0.25) is 0 Å². The first-order valence-corrected chi connectivity index (χ1v) is 6.08. The van der Waals surface area contributed by atoms with E-state index in [1.54, 1.807) is 0 Å². The minimum atomic E-state index is -3.40. The molecule has 0 aliphatic heterocycles. The number of hydrogen-bond acceptors (Lipinski definition) is 2. The third-order valence-electron chi connectivity index (χ3n) is 2.42. The van der Waals surface area contributed by atoms with Gasteiger partial charge < -0.3 is 10.6 Å². The number of carbonyl (C=O) groups excluding carboxylic acids is 2. The van der Waals surface area contributed by atoms with Crippen LogP contribution in [0.5, 0.6) is 0 Å². The predicted octanol–water partition coefficient (Wildman–Crippen LogP) is 2.55. The summed E-state index contributed by atoms with van der Waals surface area (Å²) >= 11 is 0. The molecule has 0 fully saturated rings. The van der Waals surface area contributed by atoms with E-state index in [1.807, 2.05) is 13.8 Å². The normalized spacial score (nSPS) is 10.9. The molecule has 0 spiro atoms. The second kappa shape index (κ2) is 7.05. The predicted molar refractivity (Wildman–Crippen MR) is 68.2 cm³/mol. The van der Waals surface area contributed by atoms with Gasteiger partial charge in [0.05, 0.1) is 0 Å². The van der Waals surface area contributed by atoms with Crippen LogP contribution in [-0.4, -0.2) is 24.8 Å². The van der Waals surface area contributed by atoms with Gasteiger partial charge in [0, 0.05) is 12.1 Å². The summed E-state index contributed by atoms with van der Waals surface area (Å²) < 4.78 is 51.3. The lowest BCUT2D eigenvalue weighted by atomic mass is 10.1. The van der Waals surface area contributed by atoms with Gasteiger partial charge in [-0.25, -0.2) is 8.78 Å². The van der Waals surface area contributed by atoms with Crippen molar-refractivity contribution in [3.8, 4) is 0 Å². The smallest absolute Gasteiger partial charge is 0.315 e. The van der Waals surface area contributed by atoms with Crippen LogP contribution in [0.15, 0.2) is 12.1 Å². The maximum Gasteiger partial charge on any atom is 0.315 e. The quantitative estimate of drug-likeness (QED) is 0.821. The van der Waals surface area contributed by atoms with E-state index in [0.29, 0.717) is 18.7 Å². The van der Waals surface area contributed by atoms with Gasteiger partial charge in [0.15, 0.2) is 11.6 Å². The Hall–Kier alpha value is -2.12. The monoisotopic (exact) mass is 306 g/mol. The van der Waals surface area contributed by atoms with Gasteiger partial charge in [-0.15, -0.1) is 0 Å². The molecule has 0 aromatic heterocycles. The molecule has 1 aromatic carbocycles. The molecule has 2 amide bonds. The van der Waals surface area contributed by atoms with Crippen molar-refractivity contribution >= 4 is 17.5 Å². The minimum absolute atomic E-state index is 0.147. The third kappa shape index (κ3) is 4.73. The molecule has 8 heteroatoms. The number of alkyl halides is 2. The Morgan fingerprint density at radius 2 is 1.67 bits per heavy atom. The summed E-state index contributed by atoms with van der Waals surface area (Å²) in [6.45, 7) is 3.99. The van der Waals surface area contributed by atoms with E-state index in [4.69, 9.17) is 0 Å². The first-order chi connectivity index (χ1) is 9.72. The van der Waals surface area contributed by atoms with Gasteiger partial charge >= 0.3 is 6.43 Å². The topological polar surface area (TPSA) is 58.2 Å². The fourth-order valence-corrected chi connectivity index (χ4v) is 1.40. The number of hydrogen-bond donors (Lipinski definition) is 2. The summed E-state index contributed by atoms with van der Waals surface area (Å²) in [6.07, 6.45) is -3.40. The Morgan fingerprint density at radius 1 is 1.14 bits per heavy atom. The van der Waals surface area contributed by atoms with E-state index < -0.39 is 35.6 Å². The lowest BCUT2D eigenvalue weighted by Crippen LogP contribution is -2.28. The van der Waals surface area contributed by atoms with Gasteiger partial charge in [0.25, 0.3) is 11.8 Å². The van der Waals surface area contributed by atoms with Crippen LogP contribution >= 0.6 is 0 Å². The van der Waals surface area contributed by atoms with Crippen molar-refractivity contribution in [1.29, 1.82) is 0 Å². The Kier molecular flexibility index (Phi) is 5.69. The summed E-state index contributed by atoms with van der Waals surface area (Å²) in [7, 11) is 0. The number of halogens is 4. The van der Waals surface area contributed by atoms with Crippen molar-refractivity contribution in [3.05, 3.63) is 29.3 Å². The van der Waals surface area contributed by atoms with Gasteiger partial charge in [-0.2, -0.15) is 8.78 Å². The highest BCUT2D eigenvalue weighted by Gasteiger charge is 2.21. The molecular formula is C13H14F4N2O2. The summed E-state index contributed by atoms with van der Waals surface area (Å²) in [5.41, 5.74) is -1.32. The molecule has 116 valence electrons. The fraction of sp³-hybridized carbons (Fsp3) is 0.385. The van der Waals surface area contributed by atoms with Gasteiger partial charge in [-0.1, -0.05) is 13.8 Å². The third-order valence-corrected chi connectivity index (χ3v) is 2.42. The SMILES string of the molecule is CC(C)CNC(=O)c1cc(F)c(NC(=O)C(F)F)c(F)c1. The lowest BCUT2D eigenvalue weighted by molar-refractivity contribution is -0.126. The molecule has 0 aliphatic rings. The van der Waals surface area contributed by atoms with Crippen molar-refractivity contribution in [2.45, 2.75) is 20.3 Å². The molecule has 0 saturated heterocycles. The number of rotatable bonds is 5. The molecule has 0 unspecified atom stereocenters. The molecule has 2 N–H and O–H groups in total. The number of amides is 2. The highest BCUT2D eigenvalue weighted by molar-refractivity contribution is 5.96. The highest BCUT2D eigenvalue weighted by atomic mass is 19.3. The van der Waals surface area contributed by atoms with E-state index in [-0.39, 0.29) is 11.5 Å². The van der Waals surface area contributed by atoms with Crippen LogP contribution in [0.4, 0.5) is 23.2 Å². The van der Waals surface area contributed by atoms with Gasteiger partial charge in [-0.05, 0) is 18.1 Å². The zero-order valence-electron chi connectivity index (χ0n) is 11.3. The number of benzene rings is 1. The molecule has 1 aromatic rings. The molecule has 0 saturated carbocycles. The summed E-state index contributed by atoms with van der Waals surface area (Å²) in [5.74, 6) is -5.00. The van der Waals surface area contributed by atoms with Crippen LogP contribution in [0.25, 0.3) is 0 Å². The van der Waals surface area contributed by atoms with E-state index >= 15 is 0 Å². The Balaban J connectivity index is 2.94. The van der Waals surface area contributed by atoms with Crippen LogP contribution in [0.2, 0.25) is 0 Å².